The van der Waals surface area contributed by atoms with E-state index in [4.69, 9.17) is 4.98 Å². The summed E-state index contributed by atoms with van der Waals surface area (Å²) in [5.74, 6) is 0.805. The molecule has 0 radical (unpaired) electrons. The first-order valence-corrected chi connectivity index (χ1v) is 8.14. The monoisotopic (exact) mass is 325 g/mol. The van der Waals surface area contributed by atoms with E-state index < -0.39 is 0 Å². The molecule has 0 saturated heterocycles. The van der Waals surface area contributed by atoms with E-state index in [1.54, 1.807) is 6.20 Å². The molecule has 1 aromatic carbocycles. The minimum atomic E-state index is 0.805. The molecule has 4 aromatic heterocycles. The number of nitrogens with zero attached hydrogens (tertiary/aromatic N) is 4. The molecule has 0 aliphatic rings. The Kier molecular flexibility index (Phi) is 2.94. The van der Waals surface area contributed by atoms with Gasteiger partial charge in [-0.05, 0) is 37.3 Å². The third-order valence-corrected chi connectivity index (χ3v) is 4.38. The molecule has 0 fully saturated rings. The topological polar surface area (TPSA) is 58.9 Å². The Morgan fingerprint density at radius 3 is 2.84 bits per heavy atom. The van der Waals surface area contributed by atoms with Crippen LogP contribution >= 0.6 is 0 Å². The summed E-state index contributed by atoms with van der Waals surface area (Å²) in [6.07, 6.45) is 5.56. The van der Waals surface area contributed by atoms with Gasteiger partial charge >= 0.3 is 0 Å². The molecule has 0 atom stereocenters. The van der Waals surface area contributed by atoms with E-state index in [1.807, 2.05) is 54.0 Å². The number of imidazole rings is 2. The zero-order valence-electron chi connectivity index (χ0n) is 13.6. The number of pyridine rings is 2. The molecule has 120 valence electrons. The molecule has 0 saturated carbocycles. The van der Waals surface area contributed by atoms with Crippen LogP contribution < -0.4 is 0 Å². The number of fused-ring (bicyclic) bond motifs is 2. The second-order valence-electron chi connectivity index (χ2n) is 6.04. The number of aromatic nitrogens is 5. The summed E-state index contributed by atoms with van der Waals surface area (Å²) in [6, 6.07) is 16.4. The van der Waals surface area contributed by atoms with Gasteiger partial charge in [-0.2, -0.15) is 0 Å². The Morgan fingerprint density at radius 1 is 0.960 bits per heavy atom. The van der Waals surface area contributed by atoms with Crippen molar-refractivity contribution in [3.8, 4) is 22.6 Å². The molecular weight excluding hydrogens is 310 g/mol. The SMILES string of the molecule is Cc1cccc(-c2c(-c3ccc4ncccc4c3)[nH]c3nccn23)n1. The largest absolute Gasteiger partial charge is 0.323 e. The van der Waals surface area contributed by atoms with Gasteiger partial charge in [0.25, 0.3) is 0 Å². The first kappa shape index (κ1) is 13.9. The summed E-state index contributed by atoms with van der Waals surface area (Å²) in [4.78, 5) is 17.0. The zero-order chi connectivity index (χ0) is 16.8. The van der Waals surface area contributed by atoms with Crippen LogP contribution in [0, 0.1) is 6.92 Å². The van der Waals surface area contributed by atoms with Crippen LogP contribution in [0.2, 0.25) is 0 Å². The van der Waals surface area contributed by atoms with Crippen molar-refractivity contribution in [1.82, 2.24) is 24.3 Å². The van der Waals surface area contributed by atoms with Crippen LogP contribution in [0.3, 0.4) is 0 Å². The lowest BCUT2D eigenvalue weighted by molar-refractivity contribution is 1.15. The van der Waals surface area contributed by atoms with Crippen molar-refractivity contribution in [2.75, 3.05) is 0 Å². The molecule has 0 bridgehead atoms. The Bertz CT molecular complexity index is 1220. The Balaban J connectivity index is 1.80. The number of aromatic amines is 1. The van der Waals surface area contributed by atoms with Crippen LogP contribution in [0.5, 0.6) is 0 Å². The maximum atomic E-state index is 4.71. The predicted octanol–water partition coefficient (Wildman–Crippen LogP) is 4.25. The van der Waals surface area contributed by atoms with Crippen LogP contribution in [-0.2, 0) is 0 Å². The predicted molar refractivity (Wildman–Crippen MR) is 98.2 cm³/mol. The van der Waals surface area contributed by atoms with Crippen molar-refractivity contribution in [3.63, 3.8) is 0 Å². The van der Waals surface area contributed by atoms with Gasteiger partial charge < -0.3 is 4.98 Å². The lowest BCUT2D eigenvalue weighted by Crippen LogP contribution is -1.92. The van der Waals surface area contributed by atoms with Crippen LogP contribution in [0.15, 0.2) is 67.1 Å². The third-order valence-electron chi connectivity index (χ3n) is 4.38. The number of hydrogen-bond acceptors (Lipinski definition) is 3. The van der Waals surface area contributed by atoms with E-state index in [-0.39, 0.29) is 0 Å². The highest BCUT2D eigenvalue weighted by Crippen LogP contribution is 2.32. The number of H-pyrrole nitrogens is 1. The van der Waals surface area contributed by atoms with Gasteiger partial charge in [0.1, 0.15) is 0 Å². The molecular formula is C20H15N5. The maximum Gasteiger partial charge on any atom is 0.212 e. The van der Waals surface area contributed by atoms with Gasteiger partial charge in [0.15, 0.2) is 0 Å². The van der Waals surface area contributed by atoms with Crippen molar-refractivity contribution in [1.29, 1.82) is 0 Å². The molecule has 5 heteroatoms. The third kappa shape index (κ3) is 2.21. The standard InChI is InChI=1S/C20H15N5/c1-13-4-2-6-17(23-13)19-18(24-20-22-10-11-25(19)20)15-7-8-16-14(12-15)5-3-9-21-16/h2-12H,1H3,(H,22,24). The molecule has 4 heterocycles. The minimum Gasteiger partial charge on any atom is -0.323 e. The summed E-state index contributed by atoms with van der Waals surface area (Å²) in [6.45, 7) is 2.00. The fraction of sp³-hybridized carbons (Fsp3) is 0.0500. The second-order valence-corrected chi connectivity index (χ2v) is 6.04. The number of rotatable bonds is 2. The lowest BCUT2D eigenvalue weighted by Gasteiger charge is -2.07. The normalized spacial score (nSPS) is 11.4. The van der Waals surface area contributed by atoms with Crippen molar-refractivity contribution in [2.45, 2.75) is 6.92 Å². The summed E-state index contributed by atoms with van der Waals surface area (Å²) >= 11 is 0. The Labute approximate surface area is 144 Å². The number of benzene rings is 1. The second kappa shape index (κ2) is 5.27. The van der Waals surface area contributed by atoms with Crippen LogP contribution in [-0.4, -0.2) is 24.3 Å². The highest BCUT2D eigenvalue weighted by Gasteiger charge is 2.17. The van der Waals surface area contributed by atoms with Crippen molar-refractivity contribution >= 4 is 16.7 Å². The average Bonchev–Trinajstić information content (AvgIpc) is 3.22. The molecule has 5 nitrogen and oxygen atoms in total. The number of hydrogen-bond donors (Lipinski definition) is 1. The van der Waals surface area contributed by atoms with Gasteiger partial charge in [-0.15, -0.1) is 0 Å². The van der Waals surface area contributed by atoms with Crippen molar-refractivity contribution < 1.29 is 0 Å². The van der Waals surface area contributed by atoms with Gasteiger partial charge in [-0.25, -0.2) is 4.98 Å². The van der Waals surface area contributed by atoms with Gasteiger partial charge in [0.2, 0.25) is 5.78 Å². The Morgan fingerprint density at radius 2 is 1.92 bits per heavy atom. The Hall–Kier alpha value is -3.47. The molecule has 0 aliphatic heterocycles. The van der Waals surface area contributed by atoms with Gasteiger partial charge in [0, 0.05) is 35.2 Å². The molecule has 0 amide bonds. The van der Waals surface area contributed by atoms with E-state index in [1.165, 1.54) is 0 Å². The molecule has 0 unspecified atom stereocenters. The first-order chi connectivity index (χ1) is 12.3. The highest BCUT2D eigenvalue weighted by atomic mass is 15.1. The molecule has 5 rings (SSSR count). The van der Waals surface area contributed by atoms with Gasteiger partial charge in [-0.3, -0.25) is 14.4 Å². The first-order valence-electron chi connectivity index (χ1n) is 8.14. The van der Waals surface area contributed by atoms with Crippen molar-refractivity contribution in [3.05, 3.63) is 72.8 Å². The quantitative estimate of drug-likeness (QED) is 0.528. The van der Waals surface area contributed by atoms with E-state index in [2.05, 4.69) is 33.2 Å². The fourth-order valence-electron chi connectivity index (χ4n) is 3.23. The van der Waals surface area contributed by atoms with E-state index >= 15 is 0 Å². The molecule has 25 heavy (non-hydrogen) atoms. The number of nitrogens with one attached hydrogen (secondary N) is 1. The van der Waals surface area contributed by atoms with Crippen LogP contribution in [0.1, 0.15) is 5.69 Å². The van der Waals surface area contributed by atoms with Crippen LogP contribution in [0.4, 0.5) is 0 Å². The maximum absolute atomic E-state index is 4.71. The number of aryl methyl sites for hydroxylation is 1. The molecule has 1 N–H and O–H groups in total. The van der Waals surface area contributed by atoms with Crippen LogP contribution in [0.25, 0.3) is 39.3 Å². The summed E-state index contributed by atoms with van der Waals surface area (Å²) in [7, 11) is 0. The summed E-state index contributed by atoms with van der Waals surface area (Å²) in [5, 5.41) is 1.11. The fourth-order valence-corrected chi connectivity index (χ4v) is 3.23. The highest BCUT2D eigenvalue weighted by molar-refractivity contribution is 5.87. The van der Waals surface area contributed by atoms with E-state index in [0.29, 0.717) is 0 Å². The molecule has 5 aromatic rings. The van der Waals surface area contributed by atoms with E-state index in [0.717, 1.165) is 45.0 Å². The minimum absolute atomic E-state index is 0.805. The average molecular weight is 325 g/mol. The smallest absolute Gasteiger partial charge is 0.212 e. The van der Waals surface area contributed by atoms with Gasteiger partial charge in [0.05, 0.1) is 22.6 Å². The van der Waals surface area contributed by atoms with Crippen molar-refractivity contribution in [2.24, 2.45) is 0 Å². The van der Waals surface area contributed by atoms with Gasteiger partial charge in [-0.1, -0.05) is 18.2 Å². The molecule has 0 spiro atoms. The van der Waals surface area contributed by atoms with E-state index in [9.17, 15) is 0 Å². The summed E-state index contributed by atoms with van der Waals surface area (Å²) in [5.41, 5.74) is 6.00. The zero-order valence-corrected chi connectivity index (χ0v) is 13.6. The molecule has 0 aliphatic carbocycles. The lowest BCUT2D eigenvalue weighted by atomic mass is 10.1. The summed E-state index contributed by atoms with van der Waals surface area (Å²) < 4.78 is 2.05.